The number of hydrogen-bond donors (Lipinski definition) is 0. The van der Waals surface area contributed by atoms with Crippen molar-refractivity contribution < 1.29 is 27.1 Å². The monoisotopic (exact) mass is 410 g/mol. The van der Waals surface area contributed by atoms with Crippen LogP contribution in [-0.2, 0) is 24.1 Å². The summed E-state index contributed by atoms with van der Waals surface area (Å²) < 4.78 is 58.1. The van der Waals surface area contributed by atoms with Crippen molar-refractivity contribution in [1.29, 1.82) is 0 Å². The molecule has 2 aromatic rings. The fraction of sp³-hybridized carbons (Fsp3) is 0.381. The molecule has 29 heavy (non-hydrogen) atoms. The van der Waals surface area contributed by atoms with Gasteiger partial charge in [0, 0.05) is 45.4 Å². The molecule has 1 fully saturated rings. The topological polar surface area (TPSA) is 32.8 Å². The molecule has 4 nitrogen and oxygen atoms in total. The number of amides is 1. The molecule has 0 aliphatic carbocycles. The summed E-state index contributed by atoms with van der Waals surface area (Å²) in [4.78, 5) is 15.4. The van der Waals surface area contributed by atoms with Gasteiger partial charge in [0.1, 0.15) is 18.2 Å². The van der Waals surface area contributed by atoms with Gasteiger partial charge < -0.3 is 9.64 Å². The highest BCUT2D eigenvalue weighted by atomic mass is 19.4. The Balaban J connectivity index is 1.55. The third-order valence-electron chi connectivity index (χ3n) is 4.83. The molecule has 1 saturated heterocycles. The van der Waals surface area contributed by atoms with Gasteiger partial charge in [-0.15, -0.1) is 0 Å². The van der Waals surface area contributed by atoms with Crippen LogP contribution in [0.3, 0.4) is 0 Å². The summed E-state index contributed by atoms with van der Waals surface area (Å²) in [6, 6.07) is 9.25. The van der Waals surface area contributed by atoms with E-state index in [-0.39, 0.29) is 24.2 Å². The SMILES string of the molecule is CN(C)C(=O)C1CN(Cc2ccc(OCc3cccc(C(F)(F)F)c3)cc2F)C1. The quantitative estimate of drug-likeness (QED) is 0.677. The number of likely N-dealkylation sites (tertiary alicyclic amines) is 1. The molecule has 0 radical (unpaired) electrons. The Bertz CT molecular complexity index is 877. The molecule has 156 valence electrons. The van der Waals surface area contributed by atoms with Crippen molar-refractivity contribution in [2.45, 2.75) is 19.3 Å². The van der Waals surface area contributed by atoms with Gasteiger partial charge in [-0.1, -0.05) is 18.2 Å². The van der Waals surface area contributed by atoms with E-state index in [0.29, 0.717) is 30.8 Å². The zero-order valence-corrected chi connectivity index (χ0v) is 16.2. The van der Waals surface area contributed by atoms with Crippen LogP contribution >= 0.6 is 0 Å². The summed E-state index contributed by atoms with van der Waals surface area (Å²) in [6.07, 6.45) is -4.42. The lowest BCUT2D eigenvalue weighted by Crippen LogP contribution is -2.52. The van der Waals surface area contributed by atoms with Gasteiger partial charge in [-0.3, -0.25) is 9.69 Å². The van der Waals surface area contributed by atoms with E-state index < -0.39 is 17.6 Å². The lowest BCUT2D eigenvalue weighted by molar-refractivity contribution is -0.139. The fourth-order valence-electron chi connectivity index (χ4n) is 3.21. The van der Waals surface area contributed by atoms with E-state index in [0.717, 1.165) is 12.1 Å². The highest BCUT2D eigenvalue weighted by Gasteiger charge is 2.33. The highest BCUT2D eigenvalue weighted by Crippen LogP contribution is 2.30. The van der Waals surface area contributed by atoms with E-state index >= 15 is 0 Å². The summed E-state index contributed by atoms with van der Waals surface area (Å²) in [7, 11) is 3.42. The van der Waals surface area contributed by atoms with Gasteiger partial charge in [0.2, 0.25) is 5.91 Å². The second-order valence-corrected chi connectivity index (χ2v) is 7.36. The van der Waals surface area contributed by atoms with E-state index in [1.165, 1.54) is 18.2 Å². The molecule has 1 heterocycles. The molecule has 0 atom stereocenters. The number of carbonyl (C=O) groups excluding carboxylic acids is 1. The number of ether oxygens (including phenoxy) is 1. The van der Waals surface area contributed by atoms with Gasteiger partial charge in [-0.2, -0.15) is 13.2 Å². The van der Waals surface area contributed by atoms with Crippen LogP contribution in [0.15, 0.2) is 42.5 Å². The van der Waals surface area contributed by atoms with E-state index in [1.807, 2.05) is 4.90 Å². The molecule has 0 bridgehead atoms. The third-order valence-corrected chi connectivity index (χ3v) is 4.83. The summed E-state index contributed by atoms with van der Waals surface area (Å²) in [5.74, 6) is -0.190. The maximum atomic E-state index is 14.4. The second-order valence-electron chi connectivity index (χ2n) is 7.36. The molecule has 0 saturated carbocycles. The average molecular weight is 410 g/mol. The molecule has 0 aromatic heterocycles. The number of alkyl halides is 3. The normalized spacial score (nSPS) is 15.1. The molecule has 0 N–H and O–H groups in total. The Labute approximate surface area is 166 Å². The molecule has 3 rings (SSSR count). The largest absolute Gasteiger partial charge is 0.489 e. The van der Waals surface area contributed by atoms with Crippen molar-refractivity contribution in [3.63, 3.8) is 0 Å². The van der Waals surface area contributed by atoms with E-state index in [2.05, 4.69) is 0 Å². The Morgan fingerprint density at radius 3 is 2.52 bits per heavy atom. The van der Waals surface area contributed by atoms with Crippen LogP contribution in [0, 0.1) is 11.7 Å². The van der Waals surface area contributed by atoms with Crippen LogP contribution in [0.5, 0.6) is 5.75 Å². The minimum atomic E-state index is -4.42. The standard InChI is InChI=1S/C21H22F4N2O2/c1-26(2)20(28)16-11-27(12-16)10-15-6-7-18(9-19(15)22)29-13-14-4-3-5-17(8-14)21(23,24)25/h3-9,16H,10-13H2,1-2H3. The molecule has 0 unspecified atom stereocenters. The van der Waals surface area contributed by atoms with E-state index in [1.54, 1.807) is 31.1 Å². The number of hydrogen-bond acceptors (Lipinski definition) is 3. The maximum absolute atomic E-state index is 14.4. The molecular weight excluding hydrogens is 388 g/mol. The lowest BCUT2D eigenvalue weighted by atomic mass is 9.98. The van der Waals surface area contributed by atoms with Crippen LogP contribution < -0.4 is 4.74 Å². The summed E-state index contributed by atoms with van der Waals surface area (Å²) >= 11 is 0. The van der Waals surface area contributed by atoms with Gasteiger partial charge in [-0.25, -0.2) is 4.39 Å². The second kappa shape index (κ2) is 8.41. The van der Waals surface area contributed by atoms with Crippen LogP contribution in [0.4, 0.5) is 17.6 Å². The van der Waals surface area contributed by atoms with Crippen molar-refractivity contribution in [3.8, 4) is 5.75 Å². The average Bonchev–Trinajstić information content (AvgIpc) is 2.63. The smallest absolute Gasteiger partial charge is 0.416 e. The highest BCUT2D eigenvalue weighted by molar-refractivity contribution is 5.79. The van der Waals surface area contributed by atoms with Crippen LogP contribution in [0.2, 0.25) is 0 Å². The molecule has 1 aliphatic heterocycles. The van der Waals surface area contributed by atoms with Crippen molar-refractivity contribution in [1.82, 2.24) is 9.80 Å². The Morgan fingerprint density at radius 1 is 1.17 bits per heavy atom. The minimum Gasteiger partial charge on any atom is -0.489 e. The predicted molar refractivity (Wildman–Crippen MR) is 99.6 cm³/mol. The number of halogens is 4. The molecule has 2 aromatic carbocycles. The molecule has 0 spiro atoms. The van der Waals surface area contributed by atoms with Crippen molar-refractivity contribution in [2.24, 2.45) is 5.92 Å². The Morgan fingerprint density at radius 2 is 1.90 bits per heavy atom. The van der Waals surface area contributed by atoms with Gasteiger partial charge >= 0.3 is 6.18 Å². The molecule has 1 amide bonds. The molecule has 1 aliphatic rings. The van der Waals surface area contributed by atoms with Crippen LogP contribution in [-0.4, -0.2) is 42.9 Å². The first kappa shape index (κ1) is 21.1. The molecule has 8 heteroatoms. The number of rotatable bonds is 6. The number of nitrogens with zero attached hydrogens (tertiary/aromatic N) is 2. The van der Waals surface area contributed by atoms with Gasteiger partial charge in [-0.05, 0) is 23.8 Å². The summed E-state index contributed by atoms with van der Waals surface area (Å²) in [5, 5.41) is 0. The first-order chi connectivity index (χ1) is 13.6. The van der Waals surface area contributed by atoms with Crippen molar-refractivity contribution >= 4 is 5.91 Å². The summed E-state index contributed by atoms with van der Waals surface area (Å²) in [5.41, 5.74) is 0.0781. The van der Waals surface area contributed by atoms with Crippen LogP contribution in [0.25, 0.3) is 0 Å². The first-order valence-electron chi connectivity index (χ1n) is 9.14. The lowest BCUT2D eigenvalue weighted by Gasteiger charge is -2.39. The number of benzene rings is 2. The van der Waals surface area contributed by atoms with Crippen molar-refractivity contribution in [2.75, 3.05) is 27.2 Å². The van der Waals surface area contributed by atoms with Gasteiger partial charge in [0.05, 0.1) is 11.5 Å². The minimum absolute atomic E-state index is 0.0527. The zero-order chi connectivity index (χ0) is 21.2. The van der Waals surface area contributed by atoms with E-state index in [4.69, 9.17) is 4.74 Å². The number of carbonyl (C=O) groups is 1. The van der Waals surface area contributed by atoms with Crippen LogP contribution in [0.1, 0.15) is 16.7 Å². The predicted octanol–water partition coefficient (Wildman–Crippen LogP) is 3.94. The maximum Gasteiger partial charge on any atom is 0.416 e. The molecular formula is C21H22F4N2O2. The van der Waals surface area contributed by atoms with Crippen molar-refractivity contribution in [3.05, 3.63) is 65.0 Å². The Hall–Kier alpha value is -2.61. The van der Waals surface area contributed by atoms with E-state index in [9.17, 15) is 22.4 Å². The fourth-order valence-corrected chi connectivity index (χ4v) is 3.21. The Kier molecular flexibility index (Phi) is 6.12. The zero-order valence-electron chi connectivity index (χ0n) is 16.2. The summed E-state index contributed by atoms with van der Waals surface area (Å²) in [6.45, 7) is 1.47. The van der Waals surface area contributed by atoms with Gasteiger partial charge in [0.25, 0.3) is 0 Å². The first-order valence-corrected chi connectivity index (χ1v) is 9.14. The third kappa shape index (κ3) is 5.26. The van der Waals surface area contributed by atoms with Gasteiger partial charge in [0.15, 0.2) is 0 Å².